The largest absolute Gasteiger partial charge is 0.416 e. The molecule has 2 amide bonds. The van der Waals surface area contributed by atoms with Gasteiger partial charge in [-0.3, -0.25) is 14.5 Å². The molecule has 11 heteroatoms. The summed E-state index contributed by atoms with van der Waals surface area (Å²) in [4.78, 5) is 32.2. The summed E-state index contributed by atoms with van der Waals surface area (Å²) in [7, 11) is 0. The first-order valence-corrected chi connectivity index (χ1v) is 10.7. The van der Waals surface area contributed by atoms with E-state index in [1.165, 1.54) is 17.0 Å². The second-order valence-electron chi connectivity index (χ2n) is 7.62. The highest BCUT2D eigenvalue weighted by atomic mass is 35.5. The van der Waals surface area contributed by atoms with E-state index in [0.717, 1.165) is 29.3 Å². The summed E-state index contributed by atoms with van der Waals surface area (Å²) in [6.07, 6.45) is -4.32. The quantitative estimate of drug-likeness (QED) is 0.659. The number of hydrogen-bond donors (Lipinski definition) is 1. The van der Waals surface area contributed by atoms with Crippen LogP contribution in [0.3, 0.4) is 0 Å². The Labute approximate surface area is 192 Å². The fraction of sp³-hybridized carbons (Fsp3) is 0.409. The van der Waals surface area contributed by atoms with Gasteiger partial charge >= 0.3 is 6.18 Å². The molecule has 0 bridgehead atoms. The molecule has 33 heavy (non-hydrogen) atoms. The molecule has 1 spiro atoms. The number of benzene rings is 1. The summed E-state index contributed by atoms with van der Waals surface area (Å²) in [6.45, 7) is 3.38. The van der Waals surface area contributed by atoms with Crippen LogP contribution in [0.15, 0.2) is 36.5 Å². The fourth-order valence-corrected chi connectivity index (χ4v) is 4.16. The van der Waals surface area contributed by atoms with Gasteiger partial charge < -0.3 is 10.0 Å². The Bertz CT molecular complexity index is 1040. The molecule has 1 saturated carbocycles. The zero-order valence-corrected chi connectivity index (χ0v) is 18.6. The topological polar surface area (TPSA) is 73.7 Å². The van der Waals surface area contributed by atoms with Crippen LogP contribution < -0.4 is 4.90 Å². The van der Waals surface area contributed by atoms with Crippen molar-refractivity contribution in [2.45, 2.75) is 51.1 Å². The molecule has 6 nitrogen and oxygen atoms in total. The van der Waals surface area contributed by atoms with E-state index < -0.39 is 47.6 Å². The number of carbonyl (C=O) groups is 2. The zero-order chi connectivity index (χ0) is 24.6. The molecule has 2 fully saturated rings. The summed E-state index contributed by atoms with van der Waals surface area (Å²) in [5, 5.41) is 9.91. The number of amides is 2. The monoisotopic (exact) mass is 487 g/mol. The number of alkyl halides is 3. The number of halogens is 5. The Hall–Kier alpha value is -2.72. The van der Waals surface area contributed by atoms with E-state index in [2.05, 4.69) is 4.98 Å². The van der Waals surface area contributed by atoms with Gasteiger partial charge in [0.25, 0.3) is 5.91 Å². The van der Waals surface area contributed by atoms with Gasteiger partial charge in [-0.1, -0.05) is 37.6 Å². The summed E-state index contributed by atoms with van der Waals surface area (Å²) in [5.74, 6) is -2.38. The molecule has 1 N–H and O–H groups in total. The van der Waals surface area contributed by atoms with Crippen molar-refractivity contribution in [1.29, 1.82) is 0 Å². The molecule has 1 aromatic carbocycles. The number of nitrogens with zero attached hydrogens (tertiary/aromatic N) is 3. The lowest BCUT2D eigenvalue weighted by Crippen LogP contribution is -2.73. The second-order valence-corrected chi connectivity index (χ2v) is 8.05. The highest BCUT2D eigenvalue weighted by Crippen LogP contribution is 2.44. The van der Waals surface area contributed by atoms with Gasteiger partial charge in [-0.15, -0.1) is 0 Å². The van der Waals surface area contributed by atoms with Crippen molar-refractivity contribution < 1.29 is 32.3 Å². The third kappa shape index (κ3) is 4.67. The number of anilines is 1. The Morgan fingerprint density at radius 3 is 2.30 bits per heavy atom. The average molecular weight is 488 g/mol. The van der Waals surface area contributed by atoms with Gasteiger partial charge in [0, 0.05) is 25.6 Å². The highest BCUT2D eigenvalue weighted by Gasteiger charge is 2.60. The van der Waals surface area contributed by atoms with Crippen LogP contribution in [0.25, 0.3) is 0 Å². The Kier molecular flexibility index (Phi) is 6.99. The van der Waals surface area contributed by atoms with Crippen molar-refractivity contribution in [2.24, 2.45) is 0 Å². The van der Waals surface area contributed by atoms with Gasteiger partial charge in [-0.2, -0.15) is 13.2 Å². The first-order chi connectivity index (χ1) is 15.5. The van der Waals surface area contributed by atoms with Gasteiger partial charge in [0.05, 0.1) is 16.7 Å². The normalized spacial score (nSPS) is 22.7. The van der Waals surface area contributed by atoms with E-state index in [9.17, 15) is 32.3 Å². The summed E-state index contributed by atoms with van der Waals surface area (Å²) in [5.41, 5.74) is -1.87. The molecule has 4 rings (SSSR count). The Morgan fingerprint density at radius 2 is 1.79 bits per heavy atom. The summed E-state index contributed by atoms with van der Waals surface area (Å²) < 4.78 is 52.7. The lowest BCUT2D eigenvalue weighted by atomic mass is 9.70. The smallest absolute Gasteiger partial charge is 0.393 e. The van der Waals surface area contributed by atoms with Crippen LogP contribution in [0.1, 0.15) is 37.8 Å². The predicted molar refractivity (Wildman–Crippen MR) is 113 cm³/mol. The molecule has 0 atom stereocenters. The maximum absolute atomic E-state index is 14.4. The molecule has 2 heterocycles. The zero-order valence-electron chi connectivity index (χ0n) is 17.9. The molecule has 178 valence electrons. The lowest BCUT2D eigenvalue weighted by Gasteiger charge is -2.55. The SMILES string of the molecule is CC.O=C1CN(c2ncc(Cl)cc2F)C(=O)C2(CC(O)C2)N1Cc1ccc(C(F)(F)F)cc1. The van der Waals surface area contributed by atoms with E-state index in [-0.39, 0.29) is 30.2 Å². The number of piperazine rings is 1. The van der Waals surface area contributed by atoms with Crippen molar-refractivity contribution in [3.8, 4) is 0 Å². The van der Waals surface area contributed by atoms with Gasteiger partial charge in [-0.05, 0) is 23.8 Å². The van der Waals surface area contributed by atoms with E-state index in [1.807, 2.05) is 13.8 Å². The van der Waals surface area contributed by atoms with Crippen LogP contribution in [0.5, 0.6) is 0 Å². The molecule has 2 aliphatic rings. The first kappa shape index (κ1) is 24.9. The first-order valence-electron chi connectivity index (χ1n) is 10.3. The van der Waals surface area contributed by atoms with Crippen LogP contribution in [0.2, 0.25) is 5.02 Å². The van der Waals surface area contributed by atoms with Gasteiger partial charge in [0.2, 0.25) is 5.91 Å². The van der Waals surface area contributed by atoms with E-state index >= 15 is 0 Å². The molecule has 1 aromatic heterocycles. The molecule has 1 aliphatic heterocycles. The van der Waals surface area contributed by atoms with Crippen LogP contribution in [0.4, 0.5) is 23.4 Å². The molecule has 0 unspecified atom stereocenters. The Balaban J connectivity index is 0.00000149. The van der Waals surface area contributed by atoms with Gasteiger partial charge in [-0.25, -0.2) is 9.37 Å². The number of carbonyl (C=O) groups excluding carboxylic acids is 2. The van der Waals surface area contributed by atoms with E-state index in [0.29, 0.717) is 5.56 Å². The van der Waals surface area contributed by atoms with Crippen LogP contribution in [-0.4, -0.2) is 45.0 Å². The molecule has 2 aromatic rings. The second kappa shape index (κ2) is 9.26. The van der Waals surface area contributed by atoms with Gasteiger partial charge in [0.1, 0.15) is 12.1 Å². The number of pyridine rings is 1. The third-order valence-corrected chi connectivity index (χ3v) is 5.77. The van der Waals surface area contributed by atoms with E-state index in [4.69, 9.17) is 11.6 Å². The molecular weight excluding hydrogens is 466 g/mol. The van der Waals surface area contributed by atoms with Gasteiger partial charge in [0.15, 0.2) is 11.6 Å². The van der Waals surface area contributed by atoms with Crippen LogP contribution in [0, 0.1) is 5.82 Å². The minimum atomic E-state index is -4.50. The molecule has 0 radical (unpaired) electrons. The van der Waals surface area contributed by atoms with E-state index in [1.54, 1.807) is 0 Å². The highest BCUT2D eigenvalue weighted by molar-refractivity contribution is 6.30. The summed E-state index contributed by atoms with van der Waals surface area (Å²) >= 11 is 5.70. The predicted octanol–water partition coefficient (Wildman–Crippen LogP) is 4.19. The number of aliphatic hydroxyl groups is 1. The third-order valence-electron chi connectivity index (χ3n) is 5.57. The number of aliphatic hydroxyl groups excluding tert-OH is 1. The lowest BCUT2D eigenvalue weighted by molar-refractivity contribution is -0.167. The fourth-order valence-electron chi connectivity index (χ4n) is 4.01. The average Bonchev–Trinajstić information content (AvgIpc) is 2.74. The standard InChI is InChI=1S/C20H16ClF4N3O3.C2H6/c21-13-5-15(22)17(26-8-13)27-10-16(30)28(19(18(27)31)6-14(29)7-19)9-11-1-3-12(4-2-11)20(23,24)25;1-2/h1-5,8,14,29H,6-7,9-10H2;1-2H3. The van der Waals surface area contributed by atoms with Crippen LogP contribution >= 0.6 is 11.6 Å². The minimum Gasteiger partial charge on any atom is -0.393 e. The van der Waals surface area contributed by atoms with Crippen molar-refractivity contribution >= 4 is 29.2 Å². The molecular formula is C22H22ClF4N3O3. The number of hydrogen-bond acceptors (Lipinski definition) is 4. The maximum Gasteiger partial charge on any atom is 0.416 e. The molecule has 1 aliphatic carbocycles. The summed E-state index contributed by atoms with van der Waals surface area (Å²) in [6, 6.07) is 5.23. The Morgan fingerprint density at radius 1 is 1.18 bits per heavy atom. The molecule has 1 saturated heterocycles. The van der Waals surface area contributed by atoms with Crippen molar-refractivity contribution in [2.75, 3.05) is 11.4 Å². The minimum absolute atomic E-state index is 0.0229. The number of aromatic nitrogens is 1. The number of rotatable bonds is 3. The van der Waals surface area contributed by atoms with Crippen molar-refractivity contribution in [3.05, 3.63) is 58.5 Å². The van der Waals surface area contributed by atoms with Crippen molar-refractivity contribution in [3.63, 3.8) is 0 Å². The van der Waals surface area contributed by atoms with Crippen LogP contribution in [-0.2, 0) is 22.3 Å². The maximum atomic E-state index is 14.4. The van der Waals surface area contributed by atoms with Crippen molar-refractivity contribution in [1.82, 2.24) is 9.88 Å².